The van der Waals surface area contributed by atoms with Crippen molar-refractivity contribution in [3.05, 3.63) is 22.4 Å². The van der Waals surface area contributed by atoms with Crippen molar-refractivity contribution < 1.29 is 0 Å². The van der Waals surface area contributed by atoms with Gasteiger partial charge in [0.2, 0.25) is 0 Å². The van der Waals surface area contributed by atoms with Crippen molar-refractivity contribution in [2.45, 2.75) is 27.2 Å². The predicted octanol–water partition coefficient (Wildman–Crippen LogP) is 2.58. The van der Waals surface area contributed by atoms with Crippen LogP contribution in [0.25, 0.3) is 0 Å². The van der Waals surface area contributed by atoms with Crippen molar-refractivity contribution in [1.82, 2.24) is 4.90 Å². The van der Waals surface area contributed by atoms with E-state index in [-0.39, 0.29) is 0 Å². The molecule has 1 aromatic heterocycles. The maximum atomic E-state index is 5.94. The van der Waals surface area contributed by atoms with Crippen LogP contribution in [0.2, 0.25) is 0 Å². The first kappa shape index (κ1) is 14.0. The van der Waals surface area contributed by atoms with Crippen LogP contribution in [0.1, 0.15) is 25.6 Å². The molecule has 0 fully saturated rings. The number of nitrogens with zero attached hydrogens (tertiary/aromatic N) is 2. The van der Waals surface area contributed by atoms with Gasteiger partial charge in [0.05, 0.1) is 0 Å². The summed E-state index contributed by atoms with van der Waals surface area (Å²) in [6, 6.07) is 4.28. The Hall–Kier alpha value is -1.03. The summed E-state index contributed by atoms with van der Waals surface area (Å²) in [7, 11) is 0. The molecule has 0 bridgehead atoms. The second kappa shape index (κ2) is 7.33. The molecule has 0 radical (unpaired) electrons. The summed E-state index contributed by atoms with van der Waals surface area (Å²) in [4.78, 5) is 7.98. The van der Waals surface area contributed by atoms with E-state index in [1.165, 1.54) is 4.88 Å². The molecule has 0 spiro atoms. The Morgan fingerprint density at radius 2 is 2.18 bits per heavy atom. The molecule has 0 aliphatic carbocycles. The molecule has 2 N–H and O–H groups in total. The molecule has 96 valence electrons. The van der Waals surface area contributed by atoms with Crippen LogP contribution >= 0.6 is 11.3 Å². The molecule has 1 heterocycles. The molecule has 1 aromatic rings. The summed E-state index contributed by atoms with van der Waals surface area (Å²) >= 11 is 1.81. The zero-order chi connectivity index (χ0) is 12.7. The summed E-state index contributed by atoms with van der Waals surface area (Å²) in [6.45, 7) is 9.07. The van der Waals surface area contributed by atoms with E-state index >= 15 is 0 Å². The van der Waals surface area contributed by atoms with Gasteiger partial charge in [-0.2, -0.15) is 0 Å². The molecule has 0 aliphatic heterocycles. The third kappa shape index (κ3) is 4.77. The van der Waals surface area contributed by atoms with Crippen molar-refractivity contribution >= 4 is 17.3 Å². The molecule has 4 heteroatoms. The van der Waals surface area contributed by atoms with Crippen LogP contribution in [0.5, 0.6) is 0 Å². The molecule has 1 rings (SSSR count). The summed E-state index contributed by atoms with van der Waals surface area (Å²) in [5.41, 5.74) is 5.94. The molecular formula is C13H23N3S. The lowest BCUT2D eigenvalue weighted by atomic mass is 10.1. The first-order chi connectivity index (χ1) is 8.17. The zero-order valence-electron chi connectivity index (χ0n) is 11.0. The van der Waals surface area contributed by atoms with Crippen LogP contribution in [-0.4, -0.2) is 30.5 Å². The monoisotopic (exact) mass is 253 g/mol. The highest BCUT2D eigenvalue weighted by molar-refractivity contribution is 7.09. The third-order valence-corrected chi connectivity index (χ3v) is 3.68. The van der Waals surface area contributed by atoms with E-state index in [1.807, 2.05) is 11.3 Å². The molecule has 0 aliphatic rings. The molecule has 0 saturated carbocycles. The van der Waals surface area contributed by atoms with Crippen molar-refractivity contribution in [2.75, 3.05) is 19.6 Å². The van der Waals surface area contributed by atoms with Gasteiger partial charge in [0.25, 0.3) is 0 Å². The Morgan fingerprint density at radius 3 is 2.71 bits per heavy atom. The summed E-state index contributed by atoms with van der Waals surface area (Å²) in [5.74, 6) is 1.22. The lowest BCUT2D eigenvalue weighted by Gasteiger charge is -2.20. The van der Waals surface area contributed by atoms with Crippen molar-refractivity contribution in [3.8, 4) is 0 Å². The van der Waals surface area contributed by atoms with E-state index in [4.69, 9.17) is 5.73 Å². The molecular weight excluding hydrogens is 230 g/mol. The summed E-state index contributed by atoms with van der Waals surface area (Å²) in [6.07, 6.45) is 1.09. The first-order valence-electron chi connectivity index (χ1n) is 6.24. The van der Waals surface area contributed by atoms with Gasteiger partial charge in [-0.05, 0) is 37.6 Å². The Kier molecular flexibility index (Phi) is 6.05. The van der Waals surface area contributed by atoms with Gasteiger partial charge in [0, 0.05) is 24.5 Å². The second-order valence-electron chi connectivity index (χ2n) is 4.26. The van der Waals surface area contributed by atoms with Crippen LogP contribution in [0.3, 0.4) is 0 Å². The maximum absolute atomic E-state index is 5.94. The van der Waals surface area contributed by atoms with Gasteiger partial charge in [-0.3, -0.25) is 4.99 Å². The second-order valence-corrected chi connectivity index (χ2v) is 5.29. The normalized spacial score (nSPS) is 13.7. The molecule has 3 nitrogen and oxygen atoms in total. The smallest absolute Gasteiger partial charge is 0.191 e. The average Bonchev–Trinajstić information content (AvgIpc) is 2.81. The minimum Gasteiger partial charge on any atom is -0.370 e. The van der Waals surface area contributed by atoms with Gasteiger partial charge in [0.15, 0.2) is 5.96 Å². The predicted molar refractivity (Wildman–Crippen MR) is 76.6 cm³/mol. The van der Waals surface area contributed by atoms with Crippen molar-refractivity contribution in [3.63, 3.8) is 0 Å². The summed E-state index contributed by atoms with van der Waals surface area (Å²) < 4.78 is 0. The van der Waals surface area contributed by atoms with Gasteiger partial charge in [-0.15, -0.1) is 11.3 Å². The Morgan fingerprint density at radius 1 is 1.47 bits per heavy atom. The Balaban J connectivity index is 2.40. The van der Waals surface area contributed by atoms with Crippen molar-refractivity contribution in [1.29, 1.82) is 0 Å². The lowest BCUT2D eigenvalue weighted by Crippen LogP contribution is -2.37. The Bertz CT molecular complexity index is 328. The largest absolute Gasteiger partial charge is 0.370 e. The molecule has 1 atom stereocenters. The zero-order valence-corrected chi connectivity index (χ0v) is 11.8. The number of thiophene rings is 1. The van der Waals surface area contributed by atoms with E-state index in [9.17, 15) is 0 Å². The molecule has 17 heavy (non-hydrogen) atoms. The van der Waals surface area contributed by atoms with Crippen LogP contribution in [0.15, 0.2) is 22.5 Å². The highest BCUT2D eigenvalue weighted by Crippen LogP contribution is 2.14. The van der Waals surface area contributed by atoms with E-state index < -0.39 is 0 Å². The van der Waals surface area contributed by atoms with E-state index in [0.717, 1.165) is 26.1 Å². The highest BCUT2D eigenvalue weighted by Gasteiger charge is 2.06. The molecule has 0 amide bonds. The van der Waals surface area contributed by atoms with E-state index in [1.54, 1.807) is 0 Å². The van der Waals surface area contributed by atoms with Crippen LogP contribution in [0, 0.1) is 5.92 Å². The van der Waals surface area contributed by atoms with E-state index in [0.29, 0.717) is 11.9 Å². The molecule has 1 unspecified atom stereocenters. The standard InChI is InChI=1S/C13H23N3S/c1-4-16(5-2)13(14)15-10-11(3)9-12-7-6-8-17-12/h6-8,11H,4-5,9-10H2,1-3H3,(H2,14,15). The van der Waals surface area contributed by atoms with Crippen molar-refractivity contribution in [2.24, 2.45) is 16.6 Å². The fourth-order valence-corrected chi connectivity index (χ4v) is 2.60. The summed E-state index contributed by atoms with van der Waals surface area (Å²) in [5, 5.41) is 2.12. The first-order valence-corrected chi connectivity index (χ1v) is 7.12. The minimum absolute atomic E-state index is 0.544. The number of aliphatic imine (C=N–C) groups is 1. The third-order valence-electron chi connectivity index (χ3n) is 2.78. The maximum Gasteiger partial charge on any atom is 0.191 e. The SMILES string of the molecule is CCN(CC)C(N)=NCC(C)Cc1cccs1. The topological polar surface area (TPSA) is 41.6 Å². The Labute approximate surface area is 108 Å². The van der Waals surface area contributed by atoms with Crippen LogP contribution in [0.4, 0.5) is 0 Å². The van der Waals surface area contributed by atoms with Crippen LogP contribution in [-0.2, 0) is 6.42 Å². The number of guanidine groups is 1. The van der Waals surface area contributed by atoms with E-state index in [2.05, 4.69) is 48.2 Å². The van der Waals surface area contributed by atoms with Gasteiger partial charge in [-0.1, -0.05) is 13.0 Å². The fourth-order valence-electron chi connectivity index (χ4n) is 1.73. The fraction of sp³-hybridized carbons (Fsp3) is 0.615. The quantitative estimate of drug-likeness (QED) is 0.625. The molecule has 0 saturated heterocycles. The minimum atomic E-state index is 0.544. The van der Waals surface area contributed by atoms with Gasteiger partial charge < -0.3 is 10.6 Å². The molecule has 0 aromatic carbocycles. The number of nitrogens with two attached hydrogens (primary N) is 1. The highest BCUT2D eigenvalue weighted by atomic mass is 32.1. The van der Waals surface area contributed by atoms with Crippen LogP contribution < -0.4 is 5.73 Å². The average molecular weight is 253 g/mol. The van der Waals surface area contributed by atoms with Gasteiger partial charge >= 0.3 is 0 Å². The van der Waals surface area contributed by atoms with Gasteiger partial charge in [0.1, 0.15) is 0 Å². The lowest BCUT2D eigenvalue weighted by molar-refractivity contribution is 0.455. The number of hydrogen-bond acceptors (Lipinski definition) is 2. The van der Waals surface area contributed by atoms with Gasteiger partial charge in [-0.25, -0.2) is 0 Å². The number of rotatable bonds is 6. The number of hydrogen-bond donors (Lipinski definition) is 1.